The highest BCUT2D eigenvalue weighted by Crippen LogP contribution is 2.42. The third kappa shape index (κ3) is 4.11. The van der Waals surface area contributed by atoms with Gasteiger partial charge in [0.05, 0.1) is 23.7 Å². The summed E-state index contributed by atoms with van der Waals surface area (Å²) in [5.74, 6) is 2.02. The highest BCUT2D eigenvalue weighted by atomic mass is 32.2. The van der Waals surface area contributed by atoms with E-state index in [4.69, 9.17) is 19.4 Å². The molecule has 5 nitrogen and oxygen atoms in total. The second-order valence-corrected chi connectivity index (χ2v) is 9.82. The van der Waals surface area contributed by atoms with Crippen molar-refractivity contribution >= 4 is 39.1 Å². The summed E-state index contributed by atoms with van der Waals surface area (Å²) < 4.78 is 12.0. The first-order valence-electron chi connectivity index (χ1n) is 10.1. The second-order valence-electron chi connectivity index (χ2n) is 7.67. The van der Waals surface area contributed by atoms with E-state index < -0.39 is 0 Å². The lowest BCUT2D eigenvalue weighted by atomic mass is 9.90. The molecule has 2 aliphatic heterocycles. The summed E-state index contributed by atoms with van der Waals surface area (Å²) in [4.78, 5) is 12.2. The van der Waals surface area contributed by atoms with E-state index in [1.807, 2.05) is 0 Å². The van der Waals surface area contributed by atoms with Crippen molar-refractivity contribution in [1.29, 1.82) is 0 Å². The van der Waals surface area contributed by atoms with Gasteiger partial charge in [0, 0.05) is 30.2 Å². The number of anilines is 1. The van der Waals surface area contributed by atoms with Crippen LogP contribution in [0.4, 0.5) is 5.82 Å². The van der Waals surface area contributed by atoms with E-state index >= 15 is 0 Å². The van der Waals surface area contributed by atoms with E-state index in [1.165, 1.54) is 15.8 Å². The lowest BCUT2D eigenvalue weighted by Gasteiger charge is -2.33. The van der Waals surface area contributed by atoms with E-state index in [0.717, 1.165) is 66.8 Å². The summed E-state index contributed by atoms with van der Waals surface area (Å²) in [7, 11) is 0. The Balaban J connectivity index is 1.70. The Bertz CT molecular complexity index is 804. The van der Waals surface area contributed by atoms with Crippen LogP contribution < -0.4 is 5.32 Å². The summed E-state index contributed by atoms with van der Waals surface area (Å²) in [6.45, 7) is 8.98. The maximum atomic E-state index is 6.16. The smallest absolute Gasteiger partial charge is 0.190 e. The molecular weight excluding hydrogens is 378 g/mol. The molecule has 0 aromatic carbocycles. The first-order chi connectivity index (χ1) is 13.1. The standard InChI is InChI=1S/C20H29N3O2S2/c1-4-9-26-19-22-17(21-11-13-7-6-8-24-13)16-14-10-20(3,5-2)25-12-15(14)27-18(16)23-19/h13H,4-12H2,1-3H3,(H,21,22,23). The zero-order valence-corrected chi connectivity index (χ0v) is 18.1. The average molecular weight is 408 g/mol. The molecule has 7 heteroatoms. The van der Waals surface area contributed by atoms with Crippen molar-refractivity contribution in [3.05, 3.63) is 10.4 Å². The number of nitrogens with zero attached hydrogens (tertiary/aromatic N) is 2. The quantitative estimate of drug-likeness (QED) is 0.513. The molecule has 4 rings (SSSR count). The Morgan fingerprint density at radius 1 is 1.33 bits per heavy atom. The first-order valence-corrected chi connectivity index (χ1v) is 11.9. The molecule has 0 bridgehead atoms. The van der Waals surface area contributed by atoms with Crippen molar-refractivity contribution in [1.82, 2.24) is 9.97 Å². The SMILES string of the molecule is CCCSc1nc(NCC2CCCO2)c2c3c(sc2n1)COC(C)(CC)C3. The van der Waals surface area contributed by atoms with Gasteiger partial charge >= 0.3 is 0 Å². The van der Waals surface area contributed by atoms with Crippen LogP contribution >= 0.6 is 23.1 Å². The molecule has 1 N–H and O–H groups in total. The van der Waals surface area contributed by atoms with Crippen LogP contribution in [0.15, 0.2) is 5.16 Å². The lowest BCUT2D eigenvalue weighted by Crippen LogP contribution is -2.34. The number of rotatable bonds is 7. The van der Waals surface area contributed by atoms with Crippen LogP contribution in [0.3, 0.4) is 0 Å². The fourth-order valence-electron chi connectivity index (χ4n) is 3.68. The van der Waals surface area contributed by atoms with Crippen molar-refractivity contribution in [2.24, 2.45) is 0 Å². The number of hydrogen-bond acceptors (Lipinski definition) is 7. The zero-order valence-electron chi connectivity index (χ0n) is 16.5. The van der Waals surface area contributed by atoms with Crippen LogP contribution in [0.1, 0.15) is 56.9 Å². The van der Waals surface area contributed by atoms with E-state index in [0.29, 0.717) is 12.7 Å². The van der Waals surface area contributed by atoms with Crippen LogP contribution in [0, 0.1) is 0 Å². The summed E-state index contributed by atoms with van der Waals surface area (Å²) in [6, 6.07) is 0. The van der Waals surface area contributed by atoms with Gasteiger partial charge in [-0.05, 0) is 38.2 Å². The van der Waals surface area contributed by atoms with E-state index in [1.54, 1.807) is 23.1 Å². The van der Waals surface area contributed by atoms with E-state index in [2.05, 4.69) is 26.1 Å². The number of ether oxygens (including phenoxy) is 2. The Labute approximate surface area is 169 Å². The monoisotopic (exact) mass is 407 g/mol. The molecule has 148 valence electrons. The largest absolute Gasteiger partial charge is 0.376 e. The summed E-state index contributed by atoms with van der Waals surface area (Å²) in [5.41, 5.74) is 1.29. The zero-order chi connectivity index (χ0) is 18.9. The molecule has 1 saturated heterocycles. The molecule has 0 radical (unpaired) electrons. The predicted molar refractivity (Wildman–Crippen MR) is 113 cm³/mol. The number of hydrogen-bond donors (Lipinski definition) is 1. The normalized spacial score (nSPS) is 25.1. The highest BCUT2D eigenvalue weighted by molar-refractivity contribution is 7.99. The minimum Gasteiger partial charge on any atom is -0.376 e. The molecule has 2 atom stereocenters. The van der Waals surface area contributed by atoms with Crippen molar-refractivity contribution in [3.63, 3.8) is 0 Å². The van der Waals surface area contributed by atoms with Gasteiger partial charge in [-0.2, -0.15) is 0 Å². The number of fused-ring (bicyclic) bond motifs is 3. The molecule has 2 aliphatic rings. The molecule has 1 fully saturated rings. The average Bonchev–Trinajstić information content (AvgIpc) is 3.31. The minimum absolute atomic E-state index is 0.0948. The van der Waals surface area contributed by atoms with Gasteiger partial charge in [0.15, 0.2) is 5.16 Å². The number of thioether (sulfide) groups is 1. The van der Waals surface area contributed by atoms with Gasteiger partial charge in [0.2, 0.25) is 0 Å². The molecule has 0 spiro atoms. The van der Waals surface area contributed by atoms with Gasteiger partial charge in [-0.1, -0.05) is 25.6 Å². The maximum absolute atomic E-state index is 6.16. The number of aromatic nitrogens is 2. The van der Waals surface area contributed by atoms with Gasteiger partial charge in [-0.25, -0.2) is 9.97 Å². The Kier molecular flexibility index (Phi) is 5.92. The molecule has 27 heavy (non-hydrogen) atoms. The molecule has 0 amide bonds. The summed E-state index contributed by atoms with van der Waals surface area (Å²) in [5, 5.41) is 5.68. The topological polar surface area (TPSA) is 56.3 Å². The molecule has 0 saturated carbocycles. The van der Waals surface area contributed by atoms with Crippen molar-refractivity contribution in [2.45, 2.75) is 76.3 Å². The fraction of sp³-hybridized carbons (Fsp3) is 0.700. The summed E-state index contributed by atoms with van der Waals surface area (Å²) in [6.07, 6.45) is 5.63. The maximum Gasteiger partial charge on any atom is 0.190 e. The highest BCUT2D eigenvalue weighted by Gasteiger charge is 2.33. The van der Waals surface area contributed by atoms with Crippen LogP contribution in [0.25, 0.3) is 10.2 Å². The fourth-order valence-corrected chi connectivity index (χ4v) is 5.54. The minimum atomic E-state index is -0.0948. The van der Waals surface area contributed by atoms with Crippen molar-refractivity contribution in [3.8, 4) is 0 Å². The van der Waals surface area contributed by atoms with Crippen LogP contribution in [-0.4, -0.2) is 40.6 Å². The van der Waals surface area contributed by atoms with Gasteiger partial charge in [0.25, 0.3) is 0 Å². The summed E-state index contributed by atoms with van der Waals surface area (Å²) >= 11 is 3.51. The first kappa shape index (κ1) is 19.4. The Morgan fingerprint density at radius 2 is 2.22 bits per heavy atom. The molecule has 2 aromatic heterocycles. The number of nitrogens with one attached hydrogen (secondary N) is 1. The molecular formula is C20H29N3O2S2. The van der Waals surface area contributed by atoms with Crippen molar-refractivity contribution in [2.75, 3.05) is 24.2 Å². The molecule has 2 unspecified atom stereocenters. The number of thiophene rings is 1. The van der Waals surface area contributed by atoms with E-state index in [9.17, 15) is 0 Å². The lowest BCUT2D eigenvalue weighted by molar-refractivity contribution is -0.0542. The van der Waals surface area contributed by atoms with Crippen LogP contribution in [-0.2, 0) is 22.5 Å². The van der Waals surface area contributed by atoms with Gasteiger partial charge in [0.1, 0.15) is 10.6 Å². The Hall–Kier alpha value is -0.890. The van der Waals surface area contributed by atoms with Gasteiger partial charge in [-0.3, -0.25) is 0 Å². The van der Waals surface area contributed by atoms with Crippen LogP contribution in [0.2, 0.25) is 0 Å². The second kappa shape index (κ2) is 8.23. The van der Waals surface area contributed by atoms with Gasteiger partial charge in [-0.15, -0.1) is 11.3 Å². The third-order valence-corrected chi connectivity index (χ3v) is 7.67. The van der Waals surface area contributed by atoms with Gasteiger partial charge < -0.3 is 14.8 Å². The molecule has 2 aromatic rings. The molecule has 4 heterocycles. The Morgan fingerprint density at radius 3 is 2.96 bits per heavy atom. The predicted octanol–water partition coefficient (Wildman–Crippen LogP) is 5.03. The third-order valence-electron chi connectivity index (χ3n) is 5.52. The van der Waals surface area contributed by atoms with Crippen LogP contribution in [0.5, 0.6) is 0 Å². The molecule has 0 aliphatic carbocycles. The van der Waals surface area contributed by atoms with E-state index in [-0.39, 0.29) is 5.60 Å². The van der Waals surface area contributed by atoms with Crippen molar-refractivity contribution < 1.29 is 9.47 Å².